The first-order chi connectivity index (χ1) is 17.2. The lowest BCUT2D eigenvalue weighted by Gasteiger charge is -2.62. The van der Waals surface area contributed by atoms with Crippen LogP contribution >= 0.6 is 0 Å². The number of halogens is 1. The Morgan fingerprint density at radius 2 is 1.97 bits per heavy atom. The van der Waals surface area contributed by atoms with Crippen molar-refractivity contribution in [3.05, 3.63) is 24.0 Å². The maximum absolute atomic E-state index is 13.7. The monoisotopic (exact) mass is 497 g/mol. The van der Waals surface area contributed by atoms with Gasteiger partial charge in [0.25, 0.3) is 0 Å². The summed E-state index contributed by atoms with van der Waals surface area (Å²) in [6.45, 7) is 5.38. The summed E-state index contributed by atoms with van der Waals surface area (Å²) >= 11 is 0. The van der Waals surface area contributed by atoms with Crippen LogP contribution in [0.2, 0.25) is 0 Å². The predicted molar refractivity (Wildman–Crippen MR) is 135 cm³/mol. The Bertz CT molecular complexity index is 1160. The molecule has 0 bridgehead atoms. The average molecular weight is 498 g/mol. The maximum atomic E-state index is 13.7. The van der Waals surface area contributed by atoms with Crippen LogP contribution in [0.1, 0.15) is 71.6 Å². The number of aliphatic hydroxyl groups is 1. The Morgan fingerprint density at radius 1 is 1.14 bits per heavy atom. The molecule has 8 atom stereocenters. The second-order valence-corrected chi connectivity index (χ2v) is 13.0. The molecule has 36 heavy (non-hydrogen) atoms. The van der Waals surface area contributed by atoms with Gasteiger partial charge in [0.2, 0.25) is 0 Å². The van der Waals surface area contributed by atoms with Crippen LogP contribution in [-0.4, -0.2) is 45.2 Å². The first kappa shape index (κ1) is 24.5. The summed E-state index contributed by atoms with van der Waals surface area (Å²) in [6, 6.07) is 4.43. The van der Waals surface area contributed by atoms with Crippen molar-refractivity contribution in [3.63, 3.8) is 0 Å². The second-order valence-electron chi connectivity index (χ2n) is 13.0. The van der Waals surface area contributed by atoms with E-state index in [9.17, 15) is 14.3 Å². The van der Waals surface area contributed by atoms with Gasteiger partial charge in [0.05, 0.1) is 17.7 Å². The fourth-order valence-corrected chi connectivity index (χ4v) is 9.63. The third kappa shape index (κ3) is 3.67. The lowest BCUT2D eigenvalue weighted by molar-refractivity contribution is -0.175. The molecule has 7 heteroatoms. The van der Waals surface area contributed by atoms with E-state index >= 15 is 0 Å². The van der Waals surface area contributed by atoms with Gasteiger partial charge in [-0.2, -0.15) is 0 Å². The smallest absolute Gasteiger partial charge is 0.157 e. The first-order valence-electron chi connectivity index (χ1n) is 13.9. The van der Waals surface area contributed by atoms with Crippen molar-refractivity contribution in [1.29, 1.82) is 0 Å². The number of hydrogen-bond acceptors (Lipinski definition) is 5. The molecule has 1 heterocycles. The number of aromatic nitrogens is 3. The van der Waals surface area contributed by atoms with Gasteiger partial charge in [0, 0.05) is 19.1 Å². The number of rotatable bonds is 5. The molecule has 4 aliphatic rings. The molecule has 1 N–H and O–H groups in total. The van der Waals surface area contributed by atoms with Gasteiger partial charge in [-0.3, -0.25) is 4.79 Å². The van der Waals surface area contributed by atoms with Crippen LogP contribution in [0, 0.1) is 46.2 Å². The molecule has 6 rings (SSSR count). The number of carbonyl (C=O) groups is 1. The van der Waals surface area contributed by atoms with Crippen molar-refractivity contribution >= 4 is 16.8 Å². The van der Waals surface area contributed by atoms with Crippen LogP contribution in [0.15, 0.2) is 18.2 Å². The van der Waals surface area contributed by atoms with Crippen LogP contribution in [0.3, 0.4) is 0 Å². The Morgan fingerprint density at radius 3 is 2.78 bits per heavy atom. The number of methoxy groups -OCH3 is 1. The van der Waals surface area contributed by atoms with Gasteiger partial charge < -0.3 is 9.84 Å². The third-order valence-corrected chi connectivity index (χ3v) is 11.2. The molecular formula is C29H40FN3O3. The minimum absolute atomic E-state index is 0.0159. The molecule has 1 aromatic carbocycles. The van der Waals surface area contributed by atoms with E-state index in [2.05, 4.69) is 17.2 Å². The SMILES string of the molecule is COCC12CCC(C)(O)CC1CCC1C3CCC(C(=O)Cn4nnc5cc(F)ccc54)C3(C)CCC12. The number of ether oxygens (including phenoxy) is 1. The van der Waals surface area contributed by atoms with Crippen LogP contribution < -0.4 is 0 Å². The summed E-state index contributed by atoms with van der Waals surface area (Å²) in [5.74, 6) is 2.26. The number of benzene rings is 1. The summed E-state index contributed by atoms with van der Waals surface area (Å²) in [5, 5.41) is 19.1. The minimum atomic E-state index is -0.555. The van der Waals surface area contributed by atoms with E-state index in [1.54, 1.807) is 10.7 Å². The van der Waals surface area contributed by atoms with Crippen molar-refractivity contribution < 1.29 is 19.0 Å². The zero-order chi connectivity index (χ0) is 25.3. The summed E-state index contributed by atoms with van der Waals surface area (Å²) in [5.41, 5.74) is 0.826. The largest absolute Gasteiger partial charge is 0.390 e. The number of hydrogen-bond donors (Lipinski definition) is 1. The molecular weight excluding hydrogens is 457 g/mol. The molecule has 0 amide bonds. The first-order valence-corrected chi connectivity index (χ1v) is 13.9. The van der Waals surface area contributed by atoms with Crippen LogP contribution in [0.25, 0.3) is 11.0 Å². The molecule has 0 aliphatic heterocycles. The summed E-state index contributed by atoms with van der Waals surface area (Å²) < 4.78 is 21.1. The van der Waals surface area contributed by atoms with Crippen molar-refractivity contribution in [2.75, 3.05) is 13.7 Å². The molecule has 196 valence electrons. The fourth-order valence-electron chi connectivity index (χ4n) is 9.63. The fraction of sp³-hybridized carbons (Fsp3) is 0.759. The van der Waals surface area contributed by atoms with E-state index in [0.717, 1.165) is 58.0 Å². The van der Waals surface area contributed by atoms with Crippen molar-refractivity contribution in [3.8, 4) is 0 Å². The second kappa shape index (κ2) is 8.59. The van der Waals surface area contributed by atoms with Crippen LogP contribution in [0.5, 0.6) is 0 Å². The maximum Gasteiger partial charge on any atom is 0.157 e. The summed E-state index contributed by atoms with van der Waals surface area (Å²) in [7, 11) is 1.83. The van der Waals surface area contributed by atoms with Gasteiger partial charge in [-0.25, -0.2) is 9.07 Å². The van der Waals surface area contributed by atoms with Crippen molar-refractivity contribution in [1.82, 2.24) is 15.0 Å². The Hall–Kier alpha value is -1.86. The van der Waals surface area contributed by atoms with Gasteiger partial charge in [-0.05, 0) is 111 Å². The molecule has 4 fully saturated rings. The molecule has 6 nitrogen and oxygen atoms in total. The van der Waals surface area contributed by atoms with E-state index in [1.807, 2.05) is 14.0 Å². The Labute approximate surface area is 213 Å². The predicted octanol–water partition coefficient (Wildman–Crippen LogP) is 5.18. The number of Topliss-reactive ketones (excluding diaryl/α,β-unsaturated/α-hetero) is 1. The van der Waals surface area contributed by atoms with Crippen LogP contribution in [-0.2, 0) is 16.1 Å². The molecule has 4 saturated carbocycles. The van der Waals surface area contributed by atoms with Crippen LogP contribution in [0.4, 0.5) is 4.39 Å². The van der Waals surface area contributed by atoms with E-state index in [-0.39, 0.29) is 34.9 Å². The highest BCUT2D eigenvalue weighted by Crippen LogP contribution is 2.68. The topological polar surface area (TPSA) is 77.2 Å². The van der Waals surface area contributed by atoms with E-state index in [1.165, 1.54) is 18.6 Å². The molecule has 0 spiro atoms. The van der Waals surface area contributed by atoms with E-state index in [4.69, 9.17) is 4.74 Å². The van der Waals surface area contributed by atoms with Gasteiger partial charge in [0.1, 0.15) is 17.9 Å². The zero-order valence-electron chi connectivity index (χ0n) is 21.9. The number of carbonyl (C=O) groups excluding carboxylic acids is 1. The number of fused-ring (bicyclic) bond motifs is 6. The van der Waals surface area contributed by atoms with Gasteiger partial charge >= 0.3 is 0 Å². The van der Waals surface area contributed by atoms with Crippen molar-refractivity contribution in [2.24, 2.45) is 40.4 Å². The standard InChI is InChI=1S/C29H40FN3O3/c1-27(35)12-13-29(17-36-3)18(15-27)4-6-20-21-7-8-23(28(21,2)11-10-22(20)29)26(34)16-33-25-9-5-19(30)14-24(25)31-32-33/h5,9,14,18,20-23,35H,4,6-8,10-13,15-17H2,1-3H3. The highest BCUT2D eigenvalue weighted by Gasteiger charge is 2.63. The number of ketones is 1. The zero-order valence-corrected chi connectivity index (χ0v) is 21.9. The summed E-state index contributed by atoms with van der Waals surface area (Å²) in [4.78, 5) is 13.7. The number of nitrogens with zero attached hydrogens (tertiary/aromatic N) is 3. The average Bonchev–Trinajstić information content (AvgIpc) is 3.39. The molecule has 2 aromatic rings. The lowest BCUT2D eigenvalue weighted by Crippen LogP contribution is -2.58. The molecule has 0 radical (unpaired) electrons. The Balaban J connectivity index is 1.23. The molecule has 8 unspecified atom stereocenters. The normalized spacial score (nSPS) is 42.1. The van der Waals surface area contributed by atoms with Gasteiger partial charge in [-0.15, -0.1) is 5.10 Å². The molecule has 0 saturated heterocycles. The highest BCUT2D eigenvalue weighted by molar-refractivity contribution is 5.84. The van der Waals surface area contributed by atoms with Gasteiger partial charge in [-0.1, -0.05) is 12.1 Å². The quantitative estimate of drug-likeness (QED) is 0.616. The molecule has 1 aromatic heterocycles. The minimum Gasteiger partial charge on any atom is -0.390 e. The van der Waals surface area contributed by atoms with E-state index < -0.39 is 5.60 Å². The molecule has 4 aliphatic carbocycles. The van der Waals surface area contributed by atoms with Crippen molar-refractivity contribution in [2.45, 2.75) is 83.8 Å². The highest BCUT2D eigenvalue weighted by atomic mass is 19.1. The summed E-state index contributed by atoms with van der Waals surface area (Å²) in [6.07, 6.45) is 9.44. The lowest BCUT2D eigenvalue weighted by atomic mass is 9.43. The van der Waals surface area contributed by atoms with E-state index in [0.29, 0.717) is 34.7 Å². The third-order valence-electron chi connectivity index (χ3n) is 11.2. The van der Waals surface area contributed by atoms with Gasteiger partial charge in [0.15, 0.2) is 5.78 Å². The Kier molecular flexibility index (Phi) is 5.84.